The van der Waals surface area contributed by atoms with Crippen molar-refractivity contribution in [2.45, 2.75) is 0 Å². The van der Waals surface area contributed by atoms with Crippen molar-refractivity contribution in [1.29, 1.82) is 0 Å². The Morgan fingerprint density at radius 2 is 1.89 bits per heavy atom. The van der Waals surface area contributed by atoms with Crippen molar-refractivity contribution in [2.75, 3.05) is 5.32 Å². The molecule has 3 aromatic heterocycles. The Morgan fingerprint density at radius 3 is 2.72 bits per heavy atom. The van der Waals surface area contributed by atoms with E-state index in [1.54, 1.807) is 24.5 Å². The molecule has 0 aromatic carbocycles. The lowest BCUT2D eigenvalue weighted by Gasteiger charge is -2.04. The average molecular weight is 241 g/mol. The first-order chi connectivity index (χ1) is 8.81. The van der Waals surface area contributed by atoms with Crippen molar-refractivity contribution in [3.05, 3.63) is 48.8 Å². The summed E-state index contributed by atoms with van der Waals surface area (Å²) < 4.78 is 12.9. The SMILES string of the molecule is Fc1cnc2nc(Nc3ccncc3)ncc2c1. The zero-order valence-electron chi connectivity index (χ0n) is 9.21. The topological polar surface area (TPSA) is 63.6 Å². The first-order valence-electron chi connectivity index (χ1n) is 5.26. The van der Waals surface area contributed by atoms with Gasteiger partial charge in [0.2, 0.25) is 5.95 Å². The monoisotopic (exact) mass is 241 g/mol. The van der Waals surface area contributed by atoms with Crippen LogP contribution in [0.5, 0.6) is 0 Å². The second-order valence-electron chi connectivity index (χ2n) is 3.62. The Labute approximate surface area is 102 Å². The molecule has 0 aliphatic heterocycles. The van der Waals surface area contributed by atoms with Crippen molar-refractivity contribution in [3.63, 3.8) is 0 Å². The van der Waals surface area contributed by atoms with Crippen LogP contribution in [-0.2, 0) is 0 Å². The first-order valence-corrected chi connectivity index (χ1v) is 5.26. The van der Waals surface area contributed by atoms with Gasteiger partial charge in [0.1, 0.15) is 5.82 Å². The van der Waals surface area contributed by atoms with Crippen LogP contribution in [0.2, 0.25) is 0 Å². The van der Waals surface area contributed by atoms with Gasteiger partial charge >= 0.3 is 0 Å². The number of pyridine rings is 2. The fourth-order valence-corrected chi connectivity index (χ4v) is 1.52. The highest BCUT2D eigenvalue weighted by Crippen LogP contribution is 2.14. The summed E-state index contributed by atoms with van der Waals surface area (Å²) in [6, 6.07) is 4.94. The van der Waals surface area contributed by atoms with Gasteiger partial charge in [0.15, 0.2) is 5.65 Å². The highest BCUT2D eigenvalue weighted by Gasteiger charge is 2.02. The predicted octanol–water partition coefficient (Wildman–Crippen LogP) is 2.30. The van der Waals surface area contributed by atoms with E-state index in [0.717, 1.165) is 11.9 Å². The molecule has 0 fully saturated rings. The third-order valence-electron chi connectivity index (χ3n) is 2.34. The molecule has 0 aliphatic carbocycles. The van der Waals surface area contributed by atoms with E-state index in [-0.39, 0.29) is 0 Å². The van der Waals surface area contributed by atoms with Crippen LogP contribution >= 0.6 is 0 Å². The smallest absolute Gasteiger partial charge is 0.229 e. The Kier molecular flexibility index (Phi) is 2.53. The molecule has 0 spiro atoms. The molecule has 0 atom stereocenters. The molecule has 0 aliphatic rings. The summed E-state index contributed by atoms with van der Waals surface area (Å²) in [5.41, 5.74) is 1.27. The van der Waals surface area contributed by atoms with Gasteiger partial charge < -0.3 is 5.32 Å². The predicted molar refractivity (Wildman–Crippen MR) is 64.8 cm³/mol. The quantitative estimate of drug-likeness (QED) is 0.745. The largest absolute Gasteiger partial charge is 0.324 e. The number of hydrogen-bond donors (Lipinski definition) is 1. The fraction of sp³-hybridized carbons (Fsp3) is 0. The molecule has 1 N–H and O–H groups in total. The average Bonchev–Trinajstić information content (AvgIpc) is 2.40. The van der Waals surface area contributed by atoms with Gasteiger partial charge in [-0.05, 0) is 18.2 Å². The van der Waals surface area contributed by atoms with E-state index in [9.17, 15) is 4.39 Å². The molecule has 6 heteroatoms. The van der Waals surface area contributed by atoms with Crippen molar-refractivity contribution in [2.24, 2.45) is 0 Å². The summed E-state index contributed by atoms with van der Waals surface area (Å²) in [7, 11) is 0. The molecule has 0 saturated heterocycles. The van der Waals surface area contributed by atoms with Crippen LogP contribution in [-0.4, -0.2) is 19.9 Å². The fourth-order valence-electron chi connectivity index (χ4n) is 1.52. The maximum Gasteiger partial charge on any atom is 0.229 e. The first kappa shape index (κ1) is 10.5. The van der Waals surface area contributed by atoms with Gasteiger partial charge in [-0.1, -0.05) is 0 Å². The number of hydrogen-bond acceptors (Lipinski definition) is 5. The lowest BCUT2D eigenvalue weighted by molar-refractivity contribution is 0.624. The Bertz CT molecular complexity index is 686. The Morgan fingerprint density at radius 1 is 1.06 bits per heavy atom. The van der Waals surface area contributed by atoms with Gasteiger partial charge in [0.25, 0.3) is 0 Å². The van der Waals surface area contributed by atoms with Crippen LogP contribution in [0.1, 0.15) is 0 Å². The van der Waals surface area contributed by atoms with Crippen LogP contribution in [0.3, 0.4) is 0 Å². The second kappa shape index (κ2) is 4.33. The van der Waals surface area contributed by atoms with E-state index < -0.39 is 5.82 Å². The van der Waals surface area contributed by atoms with Crippen LogP contribution in [0.4, 0.5) is 16.0 Å². The molecule has 3 heterocycles. The zero-order chi connectivity index (χ0) is 12.4. The molecule has 5 nitrogen and oxygen atoms in total. The van der Waals surface area contributed by atoms with E-state index >= 15 is 0 Å². The van der Waals surface area contributed by atoms with Crippen LogP contribution < -0.4 is 5.32 Å². The van der Waals surface area contributed by atoms with E-state index in [2.05, 4.69) is 25.3 Å². The summed E-state index contributed by atoms with van der Waals surface area (Å²) in [6.45, 7) is 0. The highest BCUT2D eigenvalue weighted by atomic mass is 19.1. The van der Waals surface area contributed by atoms with Crippen molar-refractivity contribution < 1.29 is 4.39 Å². The molecule has 3 rings (SSSR count). The molecule has 18 heavy (non-hydrogen) atoms. The molecule has 0 amide bonds. The zero-order valence-corrected chi connectivity index (χ0v) is 9.21. The number of nitrogens with zero attached hydrogens (tertiary/aromatic N) is 4. The molecule has 0 saturated carbocycles. The van der Waals surface area contributed by atoms with E-state index in [0.29, 0.717) is 17.0 Å². The van der Waals surface area contributed by atoms with Crippen molar-refractivity contribution in [3.8, 4) is 0 Å². The molecular formula is C12H8FN5. The number of nitrogens with one attached hydrogen (secondary N) is 1. The van der Waals surface area contributed by atoms with Gasteiger partial charge in [-0.3, -0.25) is 4.98 Å². The minimum Gasteiger partial charge on any atom is -0.324 e. The van der Waals surface area contributed by atoms with Gasteiger partial charge in [-0.2, -0.15) is 4.98 Å². The molecular weight excluding hydrogens is 233 g/mol. The summed E-state index contributed by atoms with van der Waals surface area (Å²) in [5.74, 6) is 0.00810. The van der Waals surface area contributed by atoms with E-state index in [1.807, 2.05) is 0 Å². The third kappa shape index (κ3) is 2.08. The normalized spacial score (nSPS) is 10.5. The maximum absolute atomic E-state index is 12.9. The number of anilines is 2. The van der Waals surface area contributed by atoms with Gasteiger partial charge in [0.05, 0.1) is 6.20 Å². The van der Waals surface area contributed by atoms with Gasteiger partial charge in [-0.15, -0.1) is 0 Å². The second-order valence-corrected chi connectivity index (χ2v) is 3.62. The Balaban J connectivity index is 1.96. The number of rotatable bonds is 2. The summed E-state index contributed by atoms with van der Waals surface area (Å²) in [5, 5.41) is 3.58. The molecule has 0 bridgehead atoms. The number of halogens is 1. The minimum absolute atomic E-state index is 0.402. The molecule has 0 radical (unpaired) electrons. The number of aromatic nitrogens is 4. The third-order valence-corrected chi connectivity index (χ3v) is 2.34. The number of fused-ring (bicyclic) bond motifs is 1. The Hall–Kier alpha value is -2.63. The summed E-state index contributed by atoms with van der Waals surface area (Å²) in [4.78, 5) is 16.1. The van der Waals surface area contributed by atoms with Crippen molar-refractivity contribution in [1.82, 2.24) is 19.9 Å². The summed E-state index contributed by atoms with van der Waals surface area (Å²) in [6.07, 6.45) is 5.99. The highest BCUT2D eigenvalue weighted by molar-refractivity contribution is 5.74. The molecule has 88 valence electrons. The van der Waals surface area contributed by atoms with Crippen LogP contribution in [0, 0.1) is 5.82 Å². The lowest BCUT2D eigenvalue weighted by Crippen LogP contribution is -1.98. The molecule has 0 unspecified atom stereocenters. The lowest BCUT2D eigenvalue weighted by atomic mass is 10.3. The molecule has 3 aromatic rings. The van der Waals surface area contributed by atoms with Gasteiger partial charge in [0, 0.05) is 29.7 Å². The standard InChI is InChI=1S/C12H8FN5/c13-9-5-8-6-16-12(18-11(8)15-7-9)17-10-1-3-14-4-2-10/h1-7H,(H,14,15,16,17,18). The van der Waals surface area contributed by atoms with E-state index in [1.165, 1.54) is 12.3 Å². The van der Waals surface area contributed by atoms with E-state index in [4.69, 9.17) is 0 Å². The minimum atomic E-state index is -0.402. The maximum atomic E-state index is 12.9. The van der Waals surface area contributed by atoms with Crippen molar-refractivity contribution >= 4 is 22.7 Å². The van der Waals surface area contributed by atoms with Crippen LogP contribution in [0.15, 0.2) is 43.0 Å². The summed E-state index contributed by atoms with van der Waals surface area (Å²) >= 11 is 0. The van der Waals surface area contributed by atoms with Crippen LogP contribution in [0.25, 0.3) is 11.0 Å². The van der Waals surface area contributed by atoms with Gasteiger partial charge in [-0.25, -0.2) is 14.4 Å².